The van der Waals surface area contributed by atoms with Crippen molar-refractivity contribution in [2.75, 3.05) is 11.1 Å². The standard InChI is InChI=1S/C15H11F3N2O3S/c16-15(17,18)10-4-3-5-11(8-10)24-9-14(21)19-12-6-1-2-7-13(12)20(22)23/h1-8H,9H2,(H,19,21). The number of anilines is 1. The van der Waals surface area contributed by atoms with Gasteiger partial charge in [-0.1, -0.05) is 18.2 Å². The first-order chi connectivity index (χ1) is 11.3. The van der Waals surface area contributed by atoms with Crippen LogP contribution in [0.4, 0.5) is 24.5 Å². The monoisotopic (exact) mass is 356 g/mol. The lowest BCUT2D eigenvalue weighted by molar-refractivity contribution is -0.383. The maximum atomic E-state index is 12.6. The van der Waals surface area contributed by atoms with Gasteiger partial charge in [0.1, 0.15) is 5.69 Å². The Morgan fingerprint density at radius 3 is 2.54 bits per heavy atom. The number of rotatable bonds is 5. The predicted octanol–water partition coefficient (Wildman–Crippen LogP) is 4.34. The molecule has 2 rings (SSSR count). The largest absolute Gasteiger partial charge is 0.416 e. The van der Waals surface area contributed by atoms with Gasteiger partial charge in [0, 0.05) is 11.0 Å². The number of nitro benzene ring substituents is 1. The van der Waals surface area contributed by atoms with Gasteiger partial charge in [-0.05, 0) is 24.3 Å². The topological polar surface area (TPSA) is 72.2 Å². The van der Waals surface area contributed by atoms with Gasteiger partial charge in [0.25, 0.3) is 5.69 Å². The minimum Gasteiger partial charge on any atom is -0.320 e. The third-order valence-corrected chi connectivity index (χ3v) is 3.90. The molecule has 24 heavy (non-hydrogen) atoms. The van der Waals surface area contributed by atoms with E-state index in [1.807, 2.05) is 0 Å². The van der Waals surface area contributed by atoms with Crippen molar-refractivity contribution in [2.24, 2.45) is 0 Å². The van der Waals surface area contributed by atoms with Crippen molar-refractivity contribution >= 4 is 29.0 Å². The molecule has 0 unspecified atom stereocenters. The molecule has 0 saturated carbocycles. The number of hydrogen-bond donors (Lipinski definition) is 1. The van der Waals surface area contributed by atoms with E-state index < -0.39 is 22.6 Å². The number of para-hydroxylation sites is 2. The highest BCUT2D eigenvalue weighted by molar-refractivity contribution is 8.00. The Morgan fingerprint density at radius 1 is 1.17 bits per heavy atom. The van der Waals surface area contributed by atoms with E-state index in [4.69, 9.17) is 0 Å². The van der Waals surface area contributed by atoms with Crippen LogP contribution in [-0.4, -0.2) is 16.6 Å². The van der Waals surface area contributed by atoms with E-state index >= 15 is 0 Å². The molecular weight excluding hydrogens is 345 g/mol. The van der Waals surface area contributed by atoms with Gasteiger partial charge in [-0.2, -0.15) is 13.2 Å². The van der Waals surface area contributed by atoms with Gasteiger partial charge >= 0.3 is 6.18 Å². The summed E-state index contributed by atoms with van der Waals surface area (Å²) in [5.74, 6) is -0.723. The number of thioether (sulfide) groups is 1. The average molecular weight is 356 g/mol. The average Bonchev–Trinajstić information content (AvgIpc) is 2.53. The van der Waals surface area contributed by atoms with Crippen LogP contribution in [0.5, 0.6) is 0 Å². The smallest absolute Gasteiger partial charge is 0.320 e. The van der Waals surface area contributed by atoms with Crippen LogP contribution in [0.1, 0.15) is 5.56 Å². The summed E-state index contributed by atoms with van der Waals surface area (Å²) in [6, 6.07) is 10.2. The van der Waals surface area contributed by atoms with Crippen molar-refractivity contribution in [3.63, 3.8) is 0 Å². The van der Waals surface area contributed by atoms with Crippen molar-refractivity contribution in [2.45, 2.75) is 11.1 Å². The molecule has 0 aliphatic heterocycles. The maximum Gasteiger partial charge on any atom is 0.416 e. The Kier molecular flexibility index (Phi) is 5.45. The summed E-state index contributed by atoms with van der Waals surface area (Å²) < 4.78 is 37.9. The number of nitrogens with zero attached hydrogens (tertiary/aromatic N) is 1. The molecule has 0 aliphatic rings. The second-order valence-electron chi connectivity index (χ2n) is 4.64. The lowest BCUT2D eigenvalue weighted by atomic mass is 10.2. The van der Waals surface area contributed by atoms with E-state index in [0.717, 1.165) is 23.9 Å². The van der Waals surface area contributed by atoms with Crippen LogP contribution in [0.2, 0.25) is 0 Å². The number of hydrogen-bond acceptors (Lipinski definition) is 4. The molecule has 0 aliphatic carbocycles. The van der Waals surface area contributed by atoms with E-state index in [1.54, 1.807) is 0 Å². The van der Waals surface area contributed by atoms with Gasteiger partial charge < -0.3 is 5.32 Å². The highest BCUT2D eigenvalue weighted by atomic mass is 32.2. The second-order valence-corrected chi connectivity index (χ2v) is 5.69. The summed E-state index contributed by atoms with van der Waals surface area (Å²) in [5, 5.41) is 13.2. The summed E-state index contributed by atoms with van der Waals surface area (Å²) in [7, 11) is 0. The van der Waals surface area contributed by atoms with Crippen LogP contribution < -0.4 is 5.32 Å². The fraction of sp³-hybridized carbons (Fsp3) is 0.133. The highest BCUT2D eigenvalue weighted by Crippen LogP contribution is 2.32. The first-order valence-electron chi connectivity index (χ1n) is 6.60. The van der Waals surface area contributed by atoms with Crippen LogP contribution in [0, 0.1) is 10.1 Å². The number of nitrogens with one attached hydrogen (secondary N) is 1. The number of carbonyl (C=O) groups is 1. The highest BCUT2D eigenvalue weighted by Gasteiger charge is 2.30. The van der Waals surface area contributed by atoms with Gasteiger partial charge in [0.15, 0.2) is 0 Å². The second kappa shape index (κ2) is 7.35. The van der Waals surface area contributed by atoms with Gasteiger partial charge in [0.2, 0.25) is 5.91 Å². The van der Waals surface area contributed by atoms with E-state index in [0.29, 0.717) is 0 Å². The Morgan fingerprint density at radius 2 is 1.88 bits per heavy atom. The number of amides is 1. The molecule has 0 bridgehead atoms. The molecule has 9 heteroatoms. The van der Waals surface area contributed by atoms with Crippen LogP contribution in [-0.2, 0) is 11.0 Å². The Labute approximate surface area is 139 Å². The summed E-state index contributed by atoms with van der Waals surface area (Å²) in [6.45, 7) is 0. The Bertz CT molecular complexity index is 766. The molecule has 0 fully saturated rings. The van der Waals surface area contributed by atoms with Crippen LogP contribution in [0.15, 0.2) is 53.4 Å². The molecule has 0 saturated heterocycles. The molecule has 0 radical (unpaired) electrons. The quantitative estimate of drug-likeness (QED) is 0.491. The minimum absolute atomic E-state index is 0.0390. The van der Waals surface area contributed by atoms with Crippen molar-refractivity contribution in [1.82, 2.24) is 0 Å². The fourth-order valence-electron chi connectivity index (χ4n) is 1.84. The molecule has 126 valence electrons. The zero-order chi connectivity index (χ0) is 17.7. The number of carbonyl (C=O) groups excluding carboxylic acids is 1. The molecule has 0 aromatic heterocycles. The van der Waals surface area contributed by atoms with E-state index in [-0.39, 0.29) is 22.0 Å². The molecular formula is C15H11F3N2O3S. The number of halogens is 3. The van der Waals surface area contributed by atoms with Gasteiger partial charge in [-0.3, -0.25) is 14.9 Å². The molecule has 1 N–H and O–H groups in total. The molecule has 0 spiro atoms. The summed E-state index contributed by atoms with van der Waals surface area (Å²) in [4.78, 5) is 22.4. The molecule has 5 nitrogen and oxygen atoms in total. The zero-order valence-corrected chi connectivity index (χ0v) is 12.9. The summed E-state index contributed by atoms with van der Waals surface area (Å²) in [5.41, 5.74) is -1.02. The minimum atomic E-state index is -4.45. The fourth-order valence-corrected chi connectivity index (χ4v) is 2.59. The normalized spacial score (nSPS) is 11.1. The number of benzene rings is 2. The van der Waals surface area contributed by atoms with E-state index in [9.17, 15) is 28.1 Å². The number of alkyl halides is 3. The van der Waals surface area contributed by atoms with Gasteiger partial charge in [-0.15, -0.1) is 11.8 Å². The third-order valence-electron chi connectivity index (χ3n) is 2.91. The SMILES string of the molecule is O=C(CSc1cccc(C(F)(F)F)c1)Nc1ccccc1[N+](=O)[O-]. The molecule has 0 heterocycles. The van der Waals surface area contributed by atoms with Crippen LogP contribution in [0.25, 0.3) is 0 Å². The van der Waals surface area contributed by atoms with Crippen LogP contribution in [0.3, 0.4) is 0 Å². The predicted molar refractivity (Wildman–Crippen MR) is 83.9 cm³/mol. The Balaban J connectivity index is 2.01. The van der Waals surface area contributed by atoms with Gasteiger partial charge in [-0.25, -0.2) is 0 Å². The maximum absolute atomic E-state index is 12.6. The van der Waals surface area contributed by atoms with E-state index in [1.165, 1.54) is 36.4 Å². The van der Waals surface area contributed by atoms with Crippen molar-refractivity contribution in [1.29, 1.82) is 0 Å². The lowest BCUT2D eigenvalue weighted by Gasteiger charge is -2.09. The molecule has 2 aromatic rings. The van der Waals surface area contributed by atoms with Gasteiger partial charge in [0.05, 0.1) is 16.2 Å². The van der Waals surface area contributed by atoms with E-state index in [2.05, 4.69) is 5.32 Å². The van der Waals surface area contributed by atoms with Crippen molar-refractivity contribution < 1.29 is 22.9 Å². The first-order valence-corrected chi connectivity index (χ1v) is 7.59. The molecule has 0 atom stereocenters. The number of nitro groups is 1. The lowest BCUT2D eigenvalue weighted by Crippen LogP contribution is -2.15. The molecule has 2 aromatic carbocycles. The molecule has 1 amide bonds. The summed E-state index contributed by atoms with van der Waals surface area (Å²) in [6.07, 6.45) is -4.45. The Hall–Kier alpha value is -2.55. The van der Waals surface area contributed by atoms with Crippen LogP contribution >= 0.6 is 11.8 Å². The van der Waals surface area contributed by atoms with Crippen molar-refractivity contribution in [3.8, 4) is 0 Å². The third kappa shape index (κ3) is 4.72. The summed E-state index contributed by atoms with van der Waals surface area (Å²) >= 11 is 0.910. The van der Waals surface area contributed by atoms with Crippen molar-refractivity contribution in [3.05, 3.63) is 64.2 Å². The first kappa shape index (κ1) is 17.8. The zero-order valence-electron chi connectivity index (χ0n) is 12.0.